The molecule has 136 valence electrons. The summed E-state index contributed by atoms with van der Waals surface area (Å²) >= 11 is 0. The number of benzene rings is 3. The van der Waals surface area contributed by atoms with E-state index >= 15 is 0 Å². The molecule has 1 amide bonds. The second-order valence-electron chi connectivity index (χ2n) is 6.72. The highest BCUT2D eigenvalue weighted by Gasteiger charge is 2.36. The molecule has 3 nitrogen and oxygen atoms in total. The Labute approximate surface area is 158 Å². The molecule has 0 fully saturated rings. The number of nitrogens with zero attached hydrogens (tertiary/aromatic N) is 1. The molecule has 1 unspecified atom stereocenters. The summed E-state index contributed by atoms with van der Waals surface area (Å²) in [5.74, 6) is 0.356. The second kappa shape index (κ2) is 7.23. The summed E-state index contributed by atoms with van der Waals surface area (Å²) in [6.07, 6.45) is 0.618. The minimum absolute atomic E-state index is 0.0725. The summed E-state index contributed by atoms with van der Waals surface area (Å²) < 4.78 is 18.5. The number of amides is 1. The van der Waals surface area contributed by atoms with E-state index in [-0.39, 0.29) is 17.6 Å². The van der Waals surface area contributed by atoms with Gasteiger partial charge in [-0.2, -0.15) is 0 Å². The average Bonchev–Trinajstić information content (AvgIpc) is 2.96. The smallest absolute Gasteiger partial charge is 0.235 e. The zero-order valence-corrected chi connectivity index (χ0v) is 15.1. The fourth-order valence-electron chi connectivity index (χ4n) is 3.64. The van der Waals surface area contributed by atoms with E-state index in [0.717, 1.165) is 28.1 Å². The van der Waals surface area contributed by atoms with Crippen LogP contribution in [0.4, 0.5) is 10.1 Å². The first kappa shape index (κ1) is 17.3. The number of halogens is 1. The molecule has 3 aromatic rings. The fourth-order valence-corrected chi connectivity index (χ4v) is 3.64. The molecule has 1 aliphatic heterocycles. The summed E-state index contributed by atoms with van der Waals surface area (Å²) in [6.45, 7) is 0.435. The highest BCUT2D eigenvalue weighted by molar-refractivity contribution is 6.05. The van der Waals surface area contributed by atoms with Crippen molar-refractivity contribution in [1.82, 2.24) is 0 Å². The average molecular weight is 361 g/mol. The molecule has 0 radical (unpaired) electrons. The molecule has 3 aromatic carbocycles. The van der Waals surface area contributed by atoms with Gasteiger partial charge in [-0.15, -0.1) is 0 Å². The van der Waals surface area contributed by atoms with Crippen molar-refractivity contribution in [3.63, 3.8) is 0 Å². The molecule has 1 heterocycles. The molecule has 27 heavy (non-hydrogen) atoms. The Morgan fingerprint density at radius 2 is 1.74 bits per heavy atom. The van der Waals surface area contributed by atoms with Crippen molar-refractivity contribution < 1.29 is 13.9 Å². The van der Waals surface area contributed by atoms with E-state index in [0.29, 0.717) is 13.0 Å². The largest absolute Gasteiger partial charge is 0.497 e. The predicted octanol–water partition coefficient (Wildman–Crippen LogP) is 4.71. The highest BCUT2D eigenvalue weighted by atomic mass is 19.1. The van der Waals surface area contributed by atoms with E-state index in [4.69, 9.17) is 4.74 Å². The van der Waals surface area contributed by atoms with Crippen LogP contribution >= 0.6 is 0 Å². The van der Waals surface area contributed by atoms with E-state index in [1.807, 2.05) is 48.5 Å². The normalized spacial score (nSPS) is 15.7. The van der Waals surface area contributed by atoms with Crippen molar-refractivity contribution in [3.05, 3.63) is 95.3 Å². The molecule has 0 spiro atoms. The van der Waals surface area contributed by atoms with E-state index < -0.39 is 0 Å². The zero-order valence-electron chi connectivity index (χ0n) is 15.1. The van der Waals surface area contributed by atoms with Gasteiger partial charge in [0.2, 0.25) is 5.91 Å². The lowest BCUT2D eigenvalue weighted by Gasteiger charge is -2.18. The fraction of sp³-hybridized carbons (Fsp3) is 0.174. The molecule has 0 aliphatic carbocycles. The lowest BCUT2D eigenvalue weighted by Crippen LogP contribution is -2.29. The van der Waals surface area contributed by atoms with E-state index in [1.165, 1.54) is 12.1 Å². The van der Waals surface area contributed by atoms with Crippen LogP contribution in [0.1, 0.15) is 22.6 Å². The van der Waals surface area contributed by atoms with Gasteiger partial charge in [0.15, 0.2) is 0 Å². The van der Waals surface area contributed by atoms with E-state index in [9.17, 15) is 9.18 Å². The van der Waals surface area contributed by atoms with Crippen molar-refractivity contribution in [2.45, 2.75) is 18.9 Å². The van der Waals surface area contributed by atoms with Crippen molar-refractivity contribution in [2.75, 3.05) is 12.0 Å². The van der Waals surface area contributed by atoms with Crippen molar-refractivity contribution in [3.8, 4) is 5.75 Å². The van der Waals surface area contributed by atoms with Crippen LogP contribution in [0.25, 0.3) is 0 Å². The van der Waals surface area contributed by atoms with Crippen LogP contribution in [0, 0.1) is 5.82 Å². The molecule has 1 aliphatic rings. The molecule has 4 rings (SSSR count). The Morgan fingerprint density at radius 1 is 0.963 bits per heavy atom. The number of hydrogen-bond donors (Lipinski definition) is 0. The number of fused-ring (bicyclic) bond motifs is 1. The van der Waals surface area contributed by atoms with Gasteiger partial charge in [0.25, 0.3) is 0 Å². The SMILES string of the molecule is COc1cccc(CC2C(=O)N(Cc3ccc(F)cc3)c3ccccc32)c1. The maximum Gasteiger partial charge on any atom is 0.235 e. The third kappa shape index (κ3) is 3.43. The maximum absolute atomic E-state index is 13.2. The number of anilines is 1. The number of carbonyl (C=O) groups is 1. The van der Waals surface area contributed by atoms with Crippen molar-refractivity contribution in [1.29, 1.82) is 0 Å². The maximum atomic E-state index is 13.2. The van der Waals surface area contributed by atoms with Crippen LogP contribution in [0.15, 0.2) is 72.8 Å². The van der Waals surface area contributed by atoms with Gasteiger partial charge < -0.3 is 9.64 Å². The number of hydrogen-bond acceptors (Lipinski definition) is 2. The summed E-state index contributed by atoms with van der Waals surface area (Å²) in [7, 11) is 1.64. The first-order valence-corrected chi connectivity index (χ1v) is 8.93. The summed E-state index contributed by atoms with van der Waals surface area (Å²) in [5, 5.41) is 0. The lowest BCUT2D eigenvalue weighted by molar-refractivity contribution is -0.119. The number of para-hydroxylation sites is 1. The van der Waals surface area contributed by atoms with Crippen molar-refractivity contribution in [2.24, 2.45) is 0 Å². The molecule has 0 bridgehead atoms. The number of methoxy groups -OCH3 is 1. The quantitative estimate of drug-likeness (QED) is 0.659. The lowest BCUT2D eigenvalue weighted by atomic mass is 9.93. The molecule has 4 heteroatoms. The third-order valence-corrected chi connectivity index (χ3v) is 5.00. The Kier molecular flexibility index (Phi) is 4.63. The van der Waals surface area contributed by atoms with Gasteiger partial charge in [0.05, 0.1) is 19.6 Å². The zero-order chi connectivity index (χ0) is 18.8. The van der Waals surface area contributed by atoms with E-state index in [1.54, 1.807) is 24.1 Å². The van der Waals surface area contributed by atoms with E-state index in [2.05, 4.69) is 0 Å². The molecule has 0 saturated carbocycles. The Balaban J connectivity index is 1.63. The first-order chi connectivity index (χ1) is 13.2. The molecule has 0 aromatic heterocycles. The second-order valence-corrected chi connectivity index (χ2v) is 6.72. The topological polar surface area (TPSA) is 29.5 Å². The third-order valence-electron chi connectivity index (χ3n) is 5.00. The highest BCUT2D eigenvalue weighted by Crippen LogP contribution is 2.40. The first-order valence-electron chi connectivity index (χ1n) is 8.93. The summed E-state index contributed by atoms with van der Waals surface area (Å²) in [4.78, 5) is 15.0. The van der Waals surface area contributed by atoms with Crippen molar-refractivity contribution >= 4 is 11.6 Å². The monoisotopic (exact) mass is 361 g/mol. The molecule has 1 atom stereocenters. The van der Waals surface area contributed by atoms with Crippen LogP contribution in [0.5, 0.6) is 5.75 Å². The standard InChI is InChI=1S/C23H20FNO2/c1-27-19-6-4-5-17(13-19)14-21-20-7-2-3-8-22(20)25(23(21)26)15-16-9-11-18(24)12-10-16/h2-13,21H,14-15H2,1H3. The van der Waals surface area contributed by atoms with Gasteiger partial charge in [-0.3, -0.25) is 4.79 Å². The van der Waals surface area contributed by atoms with Gasteiger partial charge in [-0.25, -0.2) is 4.39 Å². The number of ether oxygens (including phenoxy) is 1. The molecule has 0 saturated heterocycles. The Bertz CT molecular complexity index is 968. The molecule has 0 N–H and O–H groups in total. The summed E-state index contributed by atoms with van der Waals surface area (Å²) in [6, 6.07) is 22.0. The van der Waals surface area contributed by atoms with Crippen LogP contribution in [-0.2, 0) is 17.8 Å². The minimum atomic E-state index is -0.275. The van der Waals surface area contributed by atoms with Crippen LogP contribution in [-0.4, -0.2) is 13.0 Å². The Hall–Kier alpha value is -3.14. The van der Waals surface area contributed by atoms with Gasteiger partial charge in [0, 0.05) is 5.69 Å². The van der Waals surface area contributed by atoms with Gasteiger partial charge >= 0.3 is 0 Å². The van der Waals surface area contributed by atoms with Gasteiger partial charge in [-0.05, 0) is 53.4 Å². The molecular formula is C23H20FNO2. The van der Waals surface area contributed by atoms with Crippen LogP contribution in [0.3, 0.4) is 0 Å². The summed E-state index contributed by atoms with van der Waals surface area (Å²) in [5.41, 5.74) is 3.93. The minimum Gasteiger partial charge on any atom is -0.497 e. The van der Waals surface area contributed by atoms with Gasteiger partial charge in [-0.1, -0.05) is 42.5 Å². The van der Waals surface area contributed by atoms with Crippen LogP contribution in [0.2, 0.25) is 0 Å². The molecular weight excluding hydrogens is 341 g/mol. The number of carbonyl (C=O) groups excluding carboxylic acids is 1. The Morgan fingerprint density at radius 3 is 2.52 bits per heavy atom. The predicted molar refractivity (Wildman–Crippen MR) is 103 cm³/mol. The van der Waals surface area contributed by atoms with Crippen LogP contribution < -0.4 is 9.64 Å². The van der Waals surface area contributed by atoms with Gasteiger partial charge in [0.1, 0.15) is 11.6 Å². The number of rotatable bonds is 5.